The average molecular weight is 625 g/mol. The summed E-state index contributed by atoms with van der Waals surface area (Å²) in [6.45, 7) is 0. The summed E-state index contributed by atoms with van der Waals surface area (Å²) in [6.07, 6.45) is 0. The van der Waals surface area contributed by atoms with Crippen molar-refractivity contribution < 1.29 is 0 Å². The second kappa shape index (κ2) is 13.6. The quantitative estimate of drug-likeness (QED) is 0.148. The summed E-state index contributed by atoms with van der Waals surface area (Å²) in [5.41, 5.74) is 12.8. The number of nitrogens with zero attached hydrogens (tertiary/aromatic N) is 3. The highest BCUT2D eigenvalue weighted by molar-refractivity contribution is 5.75. The monoisotopic (exact) mass is 624 g/mol. The molecule has 0 saturated heterocycles. The van der Waals surface area contributed by atoms with Crippen LogP contribution in [0.2, 0.25) is 0 Å². The Balaban J connectivity index is 1.27. The zero-order chi connectivity index (χ0) is 32.9. The molecule has 7 rings (SSSR count). The first-order valence-corrected chi connectivity index (χ1v) is 16.0. The first-order valence-electron chi connectivity index (χ1n) is 16.0. The molecule has 1 aromatic heterocycles. The van der Waals surface area contributed by atoms with Gasteiger partial charge in [-0.1, -0.05) is 109 Å². The van der Waals surface area contributed by atoms with E-state index in [0.29, 0.717) is 17.5 Å². The Hall–Kier alpha value is -6.27. The van der Waals surface area contributed by atoms with Crippen LogP contribution in [0.15, 0.2) is 146 Å². The van der Waals surface area contributed by atoms with Crippen molar-refractivity contribution >= 4 is 17.1 Å². The molecule has 1 heterocycles. The lowest BCUT2D eigenvalue weighted by Crippen LogP contribution is -2.00. The fraction of sp³-hybridized carbons (Fsp3) is 0.0714. The fourth-order valence-electron chi connectivity index (χ4n) is 5.76. The molecule has 0 aliphatic heterocycles. The molecule has 0 aliphatic carbocycles. The van der Waals surface area contributed by atoms with Crippen LogP contribution in [0.1, 0.15) is 0 Å². The molecule has 3 N–H and O–H groups in total. The van der Waals surface area contributed by atoms with Gasteiger partial charge in [-0.15, -0.1) is 0 Å². The third kappa shape index (κ3) is 6.50. The lowest BCUT2D eigenvalue weighted by molar-refractivity contribution is 1.07. The molecule has 6 aromatic carbocycles. The molecule has 7 aromatic rings. The third-order valence-corrected chi connectivity index (χ3v) is 8.52. The van der Waals surface area contributed by atoms with Crippen LogP contribution in [0.5, 0.6) is 0 Å². The van der Waals surface area contributed by atoms with E-state index in [2.05, 4.69) is 162 Å². The highest BCUT2D eigenvalue weighted by Gasteiger charge is 2.14. The van der Waals surface area contributed by atoms with Gasteiger partial charge < -0.3 is 16.0 Å². The molecule has 0 spiro atoms. The van der Waals surface area contributed by atoms with Crippen molar-refractivity contribution in [1.29, 1.82) is 0 Å². The maximum atomic E-state index is 4.99. The number of aromatic nitrogens is 3. The number of rotatable bonds is 9. The number of hydrogen-bond donors (Lipinski definition) is 3. The van der Waals surface area contributed by atoms with Gasteiger partial charge >= 0.3 is 0 Å². The van der Waals surface area contributed by atoms with Crippen molar-refractivity contribution in [3.05, 3.63) is 146 Å². The van der Waals surface area contributed by atoms with Crippen molar-refractivity contribution in [2.24, 2.45) is 0 Å². The smallest absolute Gasteiger partial charge is 0.164 e. The van der Waals surface area contributed by atoms with Gasteiger partial charge in [-0.25, -0.2) is 15.0 Å². The predicted octanol–water partition coefficient (Wildman–Crippen LogP) is 10.00. The highest BCUT2D eigenvalue weighted by Crippen LogP contribution is 2.31. The Kier molecular flexibility index (Phi) is 8.62. The van der Waals surface area contributed by atoms with Crippen LogP contribution in [-0.4, -0.2) is 36.1 Å². The van der Waals surface area contributed by atoms with E-state index in [4.69, 9.17) is 15.0 Å². The predicted molar refractivity (Wildman–Crippen MR) is 201 cm³/mol. The van der Waals surface area contributed by atoms with E-state index >= 15 is 0 Å². The molecule has 48 heavy (non-hydrogen) atoms. The van der Waals surface area contributed by atoms with Crippen molar-refractivity contribution in [1.82, 2.24) is 15.0 Å². The van der Waals surface area contributed by atoms with Gasteiger partial charge in [0.05, 0.1) is 0 Å². The summed E-state index contributed by atoms with van der Waals surface area (Å²) in [4.78, 5) is 15.0. The Morgan fingerprint density at radius 3 is 0.792 bits per heavy atom. The molecular formula is C42H36N6. The number of anilines is 3. The largest absolute Gasteiger partial charge is 0.388 e. The van der Waals surface area contributed by atoms with Crippen LogP contribution in [0.4, 0.5) is 17.1 Å². The maximum Gasteiger partial charge on any atom is 0.164 e. The minimum Gasteiger partial charge on any atom is -0.388 e. The van der Waals surface area contributed by atoms with E-state index in [-0.39, 0.29) is 0 Å². The zero-order valence-corrected chi connectivity index (χ0v) is 27.2. The SMILES string of the molecule is CNc1cccc(-c2ccc(-c3nc(-c4ccc(-c5cccc(NC)c5)cc4)nc(-c4ccc(-c5cccc(NC)c5)cc4)n3)cc2)c1. The van der Waals surface area contributed by atoms with Gasteiger partial charge in [0, 0.05) is 54.9 Å². The van der Waals surface area contributed by atoms with E-state index < -0.39 is 0 Å². The van der Waals surface area contributed by atoms with Gasteiger partial charge in [-0.3, -0.25) is 0 Å². The standard InChI is InChI=1S/C42H36N6/c1-43-37-10-4-7-34(25-37)28-13-19-31(20-14-28)40-46-41(32-21-15-29(16-22-32)35-8-5-11-38(26-35)44-2)48-42(47-40)33-23-17-30(18-24-33)36-9-6-12-39(27-36)45-3/h4-27,43-45H,1-3H3. The van der Waals surface area contributed by atoms with E-state index in [1.54, 1.807) is 0 Å². The average Bonchev–Trinajstić information content (AvgIpc) is 3.18. The Morgan fingerprint density at radius 1 is 0.292 bits per heavy atom. The summed E-state index contributed by atoms with van der Waals surface area (Å²) in [6, 6.07) is 50.4. The summed E-state index contributed by atoms with van der Waals surface area (Å²) in [5.74, 6) is 1.88. The minimum atomic E-state index is 0.627. The molecule has 0 unspecified atom stereocenters. The summed E-state index contributed by atoms with van der Waals surface area (Å²) in [7, 11) is 5.80. The molecule has 234 valence electrons. The van der Waals surface area contributed by atoms with Crippen molar-refractivity contribution in [2.75, 3.05) is 37.1 Å². The summed E-state index contributed by atoms with van der Waals surface area (Å²) >= 11 is 0. The molecule has 0 atom stereocenters. The van der Waals surface area contributed by atoms with Crippen molar-refractivity contribution in [2.45, 2.75) is 0 Å². The topological polar surface area (TPSA) is 74.8 Å². The minimum absolute atomic E-state index is 0.627. The van der Waals surface area contributed by atoms with Crippen LogP contribution in [-0.2, 0) is 0 Å². The normalized spacial score (nSPS) is 10.8. The van der Waals surface area contributed by atoms with Gasteiger partial charge in [0.1, 0.15) is 0 Å². The fourth-order valence-corrected chi connectivity index (χ4v) is 5.76. The molecule has 0 aliphatic rings. The van der Waals surface area contributed by atoms with Crippen molar-refractivity contribution in [3.8, 4) is 67.5 Å². The second-order valence-corrected chi connectivity index (χ2v) is 11.5. The van der Waals surface area contributed by atoms with Crippen LogP contribution in [0.3, 0.4) is 0 Å². The van der Waals surface area contributed by atoms with Gasteiger partial charge in [0.15, 0.2) is 17.5 Å². The molecule has 0 saturated carbocycles. The molecule has 0 fully saturated rings. The maximum absolute atomic E-state index is 4.99. The molecule has 6 nitrogen and oxygen atoms in total. The molecule has 0 radical (unpaired) electrons. The van der Waals surface area contributed by atoms with E-state index in [1.165, 1.54) is 0 Å². The van der Waals surface area contributed by atoms with Gasteiger partial charge in [0.2, 0.25) is 0 Å². The van der Waals surface area contributed by atoms with E-state index in [9.17, 15) is 0 Å². The number of benzene rings is 6. The van der Waals surface area contributed by atoms with E-state index in [1.807, 2.05) is 21.1 Å². The van der Waals surface area contributed by atoms with Crippen molar-refractivity contribution in [3.63, 3.8) is 0 Å². The molecule has 0 bridgehead atoms. The van der Waals surface area contributed by atoms with Crippen LogP contribution < -0.4 is 16.0 Å². The van der Waals surface area contributed by atoms with Gasteiger partial charge in [-0.05, 0) is 69.8 Å². The van der Waals surface area contributed by atoms with E-state index in [0.717, 1.165) is 67.1 Å². The Labute approximate surface area is 281 Å². The summed E-state index contributed by atoms with van der Waals surface area (Å²) in [5, 5.41) is 9.66. The van der Waals surface area contributed by atoms with Gasteiger partial charge in [-0.2, -0.15) is 0 Å². The second-order valence-electron chi connectivity index (χ2n) is 11.5. The third-order valence-electron chi connectivity index (χ3n) is 8.52. The Morgan fingerprint density at radius 2 is 0.542 bits per heavy atom. The zero-order valence-electron chi connectivity index (χ0n) is 27.2. The molecule has 0 amide bonds. The van der Waals surface area contributed by atoms with Crippen LogP contribution in [0, 0.1) is 0 Å². The lowest BCUT2D eigenvalue weighted by Gasteiger charge is -2.11. The number of hydrogen-bond acceptors (Lipinski definition) is 6. The lowest BCUT2D eigenvalue weighted by atomic mass is 10.0. The van der Waals surface area contributed by atoms with Crippen LogP contribution >= 0.6 is 0 Å². The molecule has 6 heteroatoms. The summed E-state index contributed by atoms with van der Waals surface area (Å²) < 4.78 is 0. The first kappa shape index (κ1) is 30.4. The molecular weight excluding hydrogens is 589 g/mol. The number of nitrogens with one attached hydrogen (secondary N) is 3. The van der Waals surface area contributed by atoms with Gasteiger partial charge in [0.25, 0.3) is 0 Å². The highest BCUT2D eigenvalue weighted by atomic mass is 15.0. The van der Waals surface area contributed by atoms with Crippen LogP contribution in [0.25, 0.3) is 67.5 Å². The first-order chi connectivity index (χ1) is 23.6. The Bertz CT molecular complexity index is 1910.